The lowest BCUT2D eigenvalue weighted by molar-refractivity contribution is 0.417. The summed E-state index contributed by atoms with van der Waals surface area (Å²) in [6.07, 6.45) is 0. The van der Waals surface area contributed by atoms with E-state index in [2.05, 4.69) is 41.5 Å². The average Bonchev–Trinajstić information content (AvgIpc) is 2.70. The number of hydrogen-bond acceptors (Lipinski definition) is 4. The number of aromatic nitrogens is 2. The van der Waals surface area contributed by atoms with Gasteiger partial charge in [-0.25, -0.2) is 0 Å². The molecule has 0 saturated heterocycles. The highest BCUT2D eigenvalue weighted by Crippen LogP contribution is 2.35. The number of rotatable bonds is 4. The summed E-state index contributed by atoms with van der Waals surface area (Å²) in [6, 6.07) is 19.9. The maximum absolute atomic E-state index is 6.18. The predicted molar refractivity (Wildman–Crippen MR) is 116 cm³/mol. The second-order valence-electron chi connectivity index (χ2n) is 6.71. The molecule has 0 atom stereocenters. The average molecular weight is 390 g/mol. The highest BCUT2D eigenvalue weighted by Gasteiger charge is 2.14. The molecule has 0 saturated carbocycles. The molecule has 0 fully saturated rings. The van der Waals surface area contributed by atoms with Crippen LogP contribution in [0.5, 0.6) is 5.75 Å². The first-order valence-corrected chi connectivity index (χ1v) is 9.38. The molecule has 5 heteroatoms. The van der Waals surface area contributed by atoms with Crippen LogP contribution in [0.3, 0.4) is 0 Å². The van der Waals surface area contributed by atoms with Gasteiger partial charge in [0.25, 0.3) is 0 Å². The Hall–Kier alpha value is -3.11. The maximum atomic E-state index is 6.18. The summed E-state index contributed by atoms with van der Waals surface area (Å²) in [4.78, 5) is 0. The Morgan fingerprint density at radius 3 is 2.29 bits per heavy atom. The van der Waals surface area contributed by atoms with Crippen molar-refractivity contribution in [3.8, 4) is 17.0 Å². The highest BCUT2D eigenvalue weighted by atomic mass is 35.5. The number of nitrogens with zero attached hydrogens (tertiary/aromatic N) is 2. The van der Waals surface area contributed by atoms with E-state index in [0.29, 0.717) is 16.6 Å². The van der Waals surface area contributed by atoms with Crippen LogP contribution in [0.2, 0.25) is 5.02 Å². The summed E-state index contributed by atoms with van der Waals surface area (Å²) in [5, 5.41) is 15.0. The molecular weight excluding hydrogens is 370 g/mol. The first-order valence-electron chi connectivity index (χ1n) is 9.00. The Morgan fingerprint density at radius 2 is 1.57 bits per heavy atom. The number of halogens is 1. The minimum Gasteiger partial charge on any atom is -0.495 e. The number of nitrogens with one attached hydrogen (secondary N) is 1. The summed E-state index contributed by atoms with van der Waals surface area (Å²) in [5.74, 6) is 1.36. The molecule has 0 amide bonds. The van der Waals surface area contributed by atoms with E-state index in [4.69, 9.17) is 16.3 Å². The lowest BCUT2D eigenvalue weighted by Gasteiger charge is -2.15. The van der Waals surface area contributed by atoms with Crippen molar-refractivity contribution in [3.63, 3.8) is 0 Å². The van der Waals surface area contributed by atoms with E-state index in [1.54, 1.807) is 13.2 Å². The zero-order chi connectivity index (χ0) is 19.7. The van der Waals surface area contributed by atoms with Crippen LogP contribution in [0.1, 0.15) is 11.1 Å². The van der Waals surface area contributed by atoms with Gasteiger partial charge in [-0.05, 0) is 55.3 Å². The fourth-order valence-corrected chi connectivity index (χ4v) is 3.39. The summed E-state index contributed by atoms with van der Waals surface area (Å²) in [6.45, 7) is 4.21. The largest absolute Gasteiger partial charge is 0.495 e. The Bertz CT molecular complexity index is 1160. The lowest BCUT2D eigenvalue weighted by Crippen LogP contribution is -2.01. The van der Waals surface area contributed by atoms with Crippen LogP contribution in [-0.2, 0) is 0 Å². The molecule has 1 aromatic heterocycles. The monoisotopic (exact) mass is 389 g/mol. The molecule has 4 aromatic rings. The minimum absolute atomic E-state index is 0.619. The van der Waals surface area contributed by atoms with Crippen LogP contribution in [-0.4, -0.2) is 17.3 Å². The van der Waals surface area contributed by atoms with E-state index in [9.17, 15) is 0 Å². The summed E-state index contributed by atoms with van der Waals surface area (Å²) in [7, 11) is 1.63. The standard InChI is InChI=1S/C23H20ClN3O/c1-14-11-18-19(12-15(14)2)23(25-20-13-17(24)9-10-21(20)28-3)27-26-22(18)16-7-5-4-6-8-16/h4-13H,1-3H3,(H,25,27). The van der Waals surface area contributed by atoms with Crippen molar-refractivity contribution < 1.29 is 4.74 Å². The first-order chi connectivity index (χ1) is 13.6. The van der Waals surface area contributed by atoms with Crippen LogP contribution in [0.4, 0.5) is 11.5 Å². The maximum Gasteiger partial charge on any atom is 0.161 e. The van der Waals surface area contributed by atoms with Crippen molar-refractivity contribution in [3.05, 3.63) is 76.8 Å². The molecule has 0 radical (unpaired) electrons. The lowest BCUT2D eigenvalue weighted by atomic mass is 9.99. The highest BCUT2D eigenvalue weighted by molar-refractivity contribution is 6.31. The van der Waals surface area contributed by atoms with Crippen molar-refractivity contribution >= 4 is 33.9 Å². The molecule has 4 rings (SSSR count). The van der Waals surface area contributed by atoms with Crippen molar-refractivity contribution in [2.75, 3.05) is 12.4 Å². The van der Waals surface area contributed by atoms with E-state index in [0.717, 1.165) is 27.7 Å². The SMILES string of the molecule is COc1ccc(Cl)cc1Nc1nnc(-c2ccccc2)c2cc(C)c(C)cc12. The van der Waals surface area contributed by atoms with E-state index in [1.165, 1.54) is 11.1 Å². The van der Waals surface area contributed by atoms with Crippen LogP contribution in [0, 0.1) is 13.8 Å². The van der Waals surface area contributed by atoms with Crippen molar-refractivity contribution in [2.24, 2.45) is 0 Å². The van der Waals surface area contributed by atoms with Gasteiger partial charge in [-0.15, -0.1) is 10.2 Å². The number of benzene rings is 3. The second-order valence-corrected chi connectivity index (χ2v) is 7.15. The fourth-order valence-electron chi connectivity index (χ4n) is 3.22. The van der Waals surface area contributed by atoms with Gasteiger partial charge in [-0.3, -0.25) is 0 Å². The van der Waals surface area contributed by atoms with Gasteiger partial charge in [0.2, 0.25) is 0 Å². The molecule has 140 valence electrons. The van der Waals surface area contributed by atoms with Gasteiger partial charge in [0.05, 0.1) is 12.8 Å². The molecule has 0 unspecified atom stereocenters. The molecule has 1 heterocycles. The fraction of sp³-hybridized carbons (Fsp3) is 0.130. The Morgan fingerprint density at radius 1 is 0.857 bits per heavy atom. The predicted octanol–water partition coefficient (Wildman–Crippen LogP) is 6.32. The molecule has 4 nitrogen and oxygen atoms in total. The number of aryl methyl sites for hydroxylation is 2. The molecule has 0 aliphatic heterocycles. The molecule has 28 heavy (non-hydrogen) atoms. The van der Waals surface area contributed by atoms with Crippen molar-refractivity contribution in [1.82, 2.24) is 10.2 Å². The third-order valence-electron chi connectivity index (χ3n) is 4.86. The smallest absolute Gasteiger partial charge is 0.161 e. The van der Waals surface area contributed by atoms with E-state index >= 15 is 0 Å². The third-order valence-corrected chi connectivity index (χ3v) is 5.09. The Balaban J connectivity index is 1.91. The van der Waals surface area contributed by atoms with Crippen LogP contribution in [0.15, 0.2) is 60.7 Å². The minimum atomic E-state index is 0.619. The molecule has 0 aliphatic rings. The Labute approximate surface area is 169 Å². The van der Waals surface area contributed by atoms with Gasteiger partial charge in [-0.1, -0.05) is 41.9 Å². The number of methoxy groups -OCH3 is 1. The topological polar surface area (TPSA) is 47.0 Å². The second kappa shape index (κ2) is 7.49. The van der Waals surface area contributed by atoms with Crippen LogP contribution >= 0.6 is 11.6 Å². The van der Waals surface area contributed by atoms with Crippen LogP contribution in [0.25, 0.3) is 22.0 Å². The normalized spacial score (nSPS) is 10.9. The van der Waals surface area contributed by atoms with Gasteiger partial charge < -0.3 is 10.1 Å². The number of anilines is 2. The number of hydrogen-bond donors (Lipinski definition) is 1. The Kier molecular flexibility index (Phi) is 4.88. The third kappa shape index (κ3) is 3.39. The quantitative estimate of drug-likeness (QED) is 0.443. The molecular formula is C23H20ClN3O. The van der Waals surface area contributed by atoms with Gasteiger partial charge in [0.1, 0.15) is 11.4 Å². The molecule has 0 bridgehead atoms. The number of fused-ring (bicyclic) bond motifs is 1. The van der Waals surface area contributed by atoms with Gasteiger partial charge in [0, 0.05) is 21.4 Å². The summed E-state index contributed by atoms with van der Waals surface area (Å²) in [5.41, 5.74) is 5.05. The van der Waals surface area contributed by atoms with Gasteiger partial charge in [0.15, 0.2) is 5.82 Å². The molecule has 1 N–H and O–H groups in total. The van der Waals surface area contributed by atoms with Crippen LogP contribution < -0.4 is 10.1 Å². The van der Waals surface area contributed by atoms with Crippen molar-refractivity contribution in [2.45, 2.75) is 13.8 Å². The summed E-state index contributed by atoms with van der Waals surface area (Å²) < 4.78 is 5.45. The van der Waals surface area contributed by atoms with E-state index < -0.39 is 0 Å². The van der Waals surface area contributed by atoms with E-state index in [-0.39, 0.29) is 0 Å². The first kappa shape index (κ1) is 18.3. The van der Waals surface area contributed by atoms with Gasteiger partial charge in [-0.2, -0.15) is 0 Å². The number of ether oxygens (including phenoxy) is 1. The zero-order valence-corrected chi connectivity index (χ0v) is 16.7. The zero-order valence-electron chi connectivity index (χ0n) is 16.0. The summed E-state index contributed by atoms with van der Waals surface area (Å²) >= 11 is 6.18. The van der Waals surface area contributed by atoms with Gasteiger partial charge >= 0.3 is 0 Å². The van der Waals surface area contributed by atoms with Crippen molar-refractivity contribution in [1.29, 1.82) is 0 Å². The molecule has 0 aliphatic carbocycles. The molecule has 3 aromatic carbocycles. The van der Waals surface area contributed by atoms with E-state index in [1.807, 2.05) is 42.5 Å². The molecule has 0 spiro atoms.